The van der Waals surface area contributed by atoms with Crippen LogP contribution in [-0.2, 0) is 0 Å². The summed E-state index contributed by atoms with van der Waals surface area (Å²) in [5, 5.41) is 27.3. The van der Waals surface area contributed by atoms with Gasteiger partial charge in [-0.1, -0.05) is 0 Å². The first-order chi connectivity index (χ1) is 4.63. The minimum absolute atomic E-state index is 0.130. The first kappa shape index (κ1) is 7.98. The van der Waals surface area contributed by atoms with Crippen LogP contribution in [0.4, 0.5) is 0 Å². The predicted molar refractivity (Wildman–Crippen MR) is 36.4 cm³/mol. The van der Waals surface area contributed by atoms with E-state index >= 15 is 0 Å². The van der Waals surface area contributed by atoms with Crippen molar-refractivity contribution in [1.29, 1.82) is 0 Å². The summed E-state index contributed by atoms with van der Waals surface area (Å²) in [6.07, 6.45) is -0.525. The van der Waals surface area contributed by atoms with Crippen molar-refractivity contribution in [3.8, 4) is 0 Å². The Balaban J connectivity index is 2.49. The van der Waals surface area contributed by atoms with Crippen LogP contribution < -0.4 is 0 Å². The smallest absolute Gasteiger partial charge is 0.0851 e. The zero-order valence-corrected chi connectivity index (χ0v) is 6.07. The van der Waals surface area contributed by atoms with E-state index in [0.717, 1.165) is 6.42 Å². The molecule has 4 atom stereocenters. The van der Waals surface area contributed by atoms with Crippen LogP contribution in [0.1, 0.15) is 19.8 Å². The van der Waals surface area contributed by atoms with Crippen molar-refractivity contribution in [1.82, 2.24) is 0 Å². The molecule has 1 rings (SSSR count). The number of aliphatic hydroxyl groups excluding tert-OH is 3. The molecule has 0 spiro atoms. The molecule has 0 aromatic heterocycles. The van der Waals surface area contributed by atoms with Gasteiger partial charge in [-0.2, -0.15) is 0 Å². The Morgan fingerprint density at radius 1 is 1.30 bits per heavy atom. The second kappa shape index (κ2) is 2.86. The molecule has 3 nitrogen and oxygen atoms in total. The molecule has 1 fully saturated rings. The van der Waals surface area contributed by atoms with E-state index in [-0.39, 0.29) is 5.92 Å². The maximum absolute atomic E-state index is 9.22. The number of rotatable bonds is 1. The molecule has 0 aliphatic heterocycles. The minimum atomic E-state index is -0.722. The fourth-order valence-corrected chi connectivity index (χ4v) is 1.52. The standard InChI is InChI=1S/C7H14O3/c1-4(8)5-2-3-6(9)7(5)10/h4-10H,2-3H2,1H3/t4-,5+,6+,7-/m0/s1. The SMILES string of the molecule is C[C@H](O)[C@H]1CC[C@@H](O)[C@H]1O. The van der Waals surface area contributed by atoms with Crippen LogP contribution >= 0.6 is 0 Å². The van der Waals surface area contributed by atoms with Gasteiger partial charge in [-0.15, -0.1) is 0 Å². The molecule has 0 amide bonds. The van der Waals surface area contributed by atoms with E-state index in [1.54, 1.807) is 6.92 Å². The average Bonchev–Trinajstić information content (AvgIpc) is 2.14. The Morgan fingerprint density at radius 3 is 2.10 bits per heavy atom. The van der Waals surface area contributed by atoms with Gasteiger partial charge in [0.1, 0.15) is 0 Å². The highest BCUT2D eigenvalue weighted by Crippen LogP contribution is 2.28. The Morgan fingerprint density at radius 2 is 1.90 bits per heavy atom. The highest BCUT2D eigenvalue weighted by molar-refractivity contribution is 4.86. The second-order valence-electron chi connectivity index (χ2n) is 3.04. The van der Waals surface area contributed by atoms with Crippen molar-refractivity contribution in [2.24, 2.45) is 5.92 Å². The van der Waals surface area contributed by atoms with Gasteiger partial charge >= 0.3 is 0 Å². The zero-order valence-electron chi connectivity index (χ0n) is 6.07. The van der Waals surface area contributed by atoms with Crippen LogP contribution in [0.2, 0.25) is 0 Å². The summed E-state index contributed by atoms with van der Waals surface area (Å²) >= 11 is 0. The van der Waals surface area contributed by atoms with Crippen molar-refractivity contribution < 1.29 is 15.3 Å². The van der Waals surface area contributed by atoms with Crippen molar-refractivity contribution in [2.45, 2.75) is 38.1 Å². The molecule has 10 heavy (non-hydrogen) atoms. The third kappa shape index (κ3) is 1.31. The number of aliphatic hydroxyl groups is 3. The van der Waals surface area contributed by atoms with Gasteiger partial charge in [0.15, 0.2) is 0 Å². The highest BCUT2D eigenvalue weighted by Gasteiger charge is 2.35. The summed E-state index contributed by atoms with van der Waals surface area (Å²) in [5.74, 6) is -0.130. The molecule has 1 saturated carbocycles. The maximum Gasteiger partial charge on any atom is 0.0851 e. The largest absolute Gasteiger partial charge is 0.393 e. The molecule has 1 aliphatic carbocycles. The lowest BCUT2D eigenvalue weighted by atomic mass is 10.00. The van der Waals surface area contributed by atoms with Crippen LogP contribution in [0.25, 0.3) is 0 Å². The quantitative estimate of drug-likeness (QED) is 0.467. The maximum atomic E-state index is 9.22. The van der Waals surface area contributed by atoms with Crippen molar-refractivity contribution in [2.75, 3.05) is 0 Å². The van der Waals surface area contributed by atoms with E-state index in [2.05, 4.69) is 0 Å². The normalized spacial score (nSPS) is 43.8. The molecule has 0 heterocycles. The monoisotopic (exact) mass is 146 g/mol. The van der Waals surface area contributed by atoms with Crippen LogP contribution in [0, 0.1) is 5.92 Å². The molecule has 1 aliphatic rings. The summed E-state index contributed by atoms with van der Waals surface area (Å²) in [6.45, 7) is 1.64. The van der Waals surface area contributed by atoms with Crippen molar-refractivity contribution in [3.05, 3.63) is 0 Å². The van der Waals surface area contributed by atoms with Gasteiger partial charge in [-0.3, -0.25) is 0 Å². The lowest BCUT2D eigenvalue weighted by Gasteiger charge is -2.18. The zero-order chi connectivity index (χ0) is 7.72. The molecule has 3 heteroatoms. The molecule has 0 radical (unpaired) electrons. The highest BCUT2D eigenvalue weighted by atomic mass is 16.3. The summed E-state index contributed by atoms with van der Waals surface area (Å²) < 4.78 is 0. The third-order valence-corrected chi connectivity index (χ3v) is 2.25. The summed E-state index contributed by atoms with van der Waals surface area (Å²) in [5.41, 5.74) is 0. The molecule has 60 valence electrons. The fraction of sp³-hybridized carbons (Fsp3) is 1.00. The molecule has 0 aromatic rings. The van der Waals surface area contributed by atoms with Crippen LogP contribution in [0.15, 0.2) is 0 Å². The molecule has 0 unspecified atom stereocenters. The van der Waals surface area contributed by atoms with Gasteiger partial charge in [0.05, 0.1) is 18.3 Å². The molecular formula is C7H14O3. The Hall–Kier alpha value is -0.120. The summed E-state index contributed by atoms with van der Waals surface area (Å²) in [4.78, 5) is 0. The van der Waals surface area contributed by atoms with Gasteiger partial charge in [-0.05, 0) is 19.8 Å². The first-order valence-electron chi connectivity index (χ1n) is 3.67. The van der Waals surface area contributed by atoms with Crippen LogP contribution in [-0.4, -0.2) is 33.6 Å². The lowest BCUT2D eigenvalue weighted by Crippen LogP contribution is -2.31. The van der Waals surface area contributed by atoms with E-state index in [4.69, 9.17) is 10.2 Å². The first-order valence-corrected chi connectivity index (χ1v) is 3.67. The predicted octanol–water partition coefficient (Wildman–Crippen LogP) is -0.501. The van der Waals surface area contributed by atoms with Gasteiger partial charge in [-0.25, -0.2) is 0 Å². The van der Waals surface area contributed by atoms with E-state index in [1.165, 1.54) is 0 Å². The van der Waals surface area contributed by atoms with E-state index < -0.39 is 18.3 Å². The van der Waals surface area contributed by atoms with E-state index in [9.17, 15) is 5.11 Å². The molecular weight excluding hydrogens is 132 g/mol. The fourth-order valence-electron chi connectivity index (χ4n) is 1.52. The molecule has 0 bridgehead atoms. The number of hydrogen-bond donors (Lipinski definition) is 3. The Labute approximate surface area is 60.3 Å². The topological polar surface area (TPSA) is 60.7 Å². The van der Waals surface area contributed by atoms with Gasteiger partial charge in [0, 0.05) is 5.92 Å². The van der Waals surface area contributed by atoms with Gasteiger partial charge in [0.25, 0.3) is 0 Å². The van der Waals surface area contributed by atoms with Crippen LogP contribution in [0.5, 0.6) is 0 Å². The lowest BCUT2D eigenvalue weighted by molar-refractivity contribution is -0.0148. The van der Waals surface area contributed by atoms with Crippen molar-refractivity contribution >= 4 is 0 Å². The Bertz CT molecular complexity index is 113. The average molecular weight is 146 g/mol. The van der Waals surface area contributed by atoms with E-state index in [0.29, 0.717) is 6.42 Å². The Kier molecular flexibility index (Phi) is 2.28. The molecule has 0 aromatic carbocycles. The van der Waals surface area contributed by atoms with Gasteiger partial charge in [0.2, 0.25) is 0 Å². The molecule has 0 saturated heterocycles. The molecule has 3 N–H and O–H groups in total. The van der Waals surface area contributed by atoms with Crippen molar-refractivity contribution in [3.63, 3.8) is 0 Å². The third-order valence-electron chi connectivity index (χ3n) is 2.25. The summed E-state index contributed by atoms with van der Waals surface area (Å²) in [7, 11) is 0. The van der Waals surface area contributed by atoms with Gasteiger partial charge < -0.3 is 15.3 Å². The second-order valence-corrected chi connectivity index (χ2v) is 3.04. The number of hydrogen-bond acceptors (Lipinski definition) is 3. The summed E-state index contributed by atoms with van der Waals surface area (Å²) in [6, 6.07) is 0. The van der Waals surface area contributed by atoms with E-state index in [1.807, 2.05) is 0 Å². The van der Waals surface area contributed by atoms with Crippen LogP contribution in [0.3, 0.4) is 0 Å². The minimum Gasteiger partial charge on any atom is -0.393 e.